The first-order valence-electron chi connectivity index (χ1n) is 6.80. The van der Waals surface area contributed by atoms with E-state index in [1.807, 2.05) is 53.9 Å². The molecule has 0 radical (unpaired) electrons. The van der Waals surface area contributed by atoms with E-state index in [0.717, 1.165) is 33.6 Å². The summed E-state index contributed by atoms with van der Waals surface area (Å²) in [6.07, 6.45) is 0. The molecule has 0 saturated carbocycles. The Bertz CT molecular complexity index is 756. The molecule has 1 heterocycles. The summed E-state index contributed by atoms with van der Waals surface area (Å²) in [4.78, 5) is 4.63. The number of hydrogen-bond donors (Lipinski definition) is 1. The highest BCUT2D eigenvalue weighted by atomic mass is 32.1. The number of nitrogens with zero attached hydrogens (tertiary/aromatic N) is 1. The van der Waals surface area contributed by atoms with Gasteiger partial charge in [0.25, 0.3) is 0 Å². The normalized spacial score (nSPS) is 10.3. The summed E-state index contributed by atoms with van der Waals surface area (Å²) in [5, 5.41) is 6.14. The number of hydrogen-bond acceptors (Lipinski definition) is 5. The minimum atomic E-state index is 0.775. The van der Waals surface area contributed by atoms with E-state index >= 15 is 0 Å². The third-order valence-electron chi connectivity index (χ3n) is 3.21. The first-order chi connectivity index (χ1) is 10.8. The van der Waals surface area contributed by atoms with Crippen molar-refractivity contribution in [3.63, 3.8) is 0 Å². The first kappa shape index (κ1) is 14.4. The van der Waals surface area contributed by atoms with Gasteiger partial charge in [0.15, 0.2) is 5.13 Å². The van der Waals surface area contributed by atoms with Crippen LogP contribution in [0.3, 0.4) is 0 Å². The predicted octanol–water partition coefficient (Wildman–Crippen LogP) is 4.57. The molecule has 5 heteroatoms. The lowest BCUT2D eigenvalue weighted by molar-refractivity contribution is 0.404. The van der Waals surface area contributed by atoms with Gasteiger partial charge in [-0.15, -0.1) is 11.3 Å². The third-order valence-corrected chi connectivity index (χ3v) is 3.97. The van der Waals surface area contributed by atoms with E-state index in [0.29, 0.717) is 0 Å². The standard InChI is InChI=1S/C17H16N2O2S/c1-20-13-8-9-16(21-2)14(10-13)15-11-22-17(19-15)18-12-6-4-3-5-7-12/h3-11H,1-2H3,(H,18,19). The van der Waals surface area contributed by atoms with E-state index in [4.69, 9.17) is 9.47 Å². The van der Waals surface area contributed by atoms with Crippen LogP contribution in [0.25, 0.3) is 11.3 Å². The molecule has 0 spiro atoms. The van der Waals surface area contributed by atoms with E-state index in [-0.39, 0.29) is 0 Å². The van der Waals surface area contributed by atoms with Gasteiger partial charge < -0.3 is 14.8 Å². The number of anilines is 2. The van der Waals surface area contributed by atoms with Crippen molar-refractivity contribution in [3.8, 4) is 22.8 Å². The summed E-state index contributed by atoms with van der Waals surface area (Å²) in [5.41, 5.74) is 2.79. The molecule has 0 bridgehead atoms. The summed E-state index contributed by atoms with van der Waals surface area (Å²) in [6, 6.07) is 15.7. The number of para-hydroxylation sites is 1. The fraction of sp³-hybridized carbons (Fsp3) is 0.118. The lowest BCUT2D eigenvalue weighted by Crippen LogP contribution is -1.92. The molecule has 3 rings (SSSR count). The summed E-state index contributed by atoms with van der Waals surface area (Å²) in [5.74, 6) is 1.55. The molecular formula is C17H16N2O2S. The molecule has 4 nitrogen and oxygen atoms in total. The highest BCUT2D eigenvalue weighted by Crippen LogP contribution is 2.35. The Morgan fingerprint density at radius 1 is 1.00 bits per heavy atom. The highest BCUT2D eigenvalue weighted by molar-refractivity contribution is 7.14. The third kappa shape index (κ3) is 3.04. The van der Waals surface area contributed by atoms with Crippen molar-refractivity contribution in [2.75, 3.05) is 19.5 Å². The van der Waals surface area contributed by atoms with Crippen molar-refractivity contribution in [1.82, 2.24) is 4.98 Å². The average molecular weight is 312 g/mol. The van der Waals surface area contributed by atoms with Crippen LogP contribution in [0.5, 0.6) is 11.5 Å². The average Bonchev–Trinajstić information content (AvgIpc) is 3.03. The van der Waals surface area contributed by atoms with Crippen molar-refractivity contribution >= 4 is 22.2 Å². The van der Waals surface area contributed by atoms with Crippen molar-refractivity contribution in [3.05, 3.63) is 53.9 Å². The maximum atomic E-state index is 5.42. The number of rotatable bonds is 5. The molecular weight excluding hydrogens is 296 g/mol. The number of benzene rings is 2. The Labute approximate surface area is 133 Å². The van der Waals surface area contributed by atoms with Gasteiger partial charge in [0, 0.05) is 16.6 Å². The zero-order chi connectivity index (χ0) is 15.4. The Morgan fingerprint density at radius 2 is 1.82 bits per heavy atom. The molecule has 22 heavy (non-hydrogen) atoms. The molecule has 0 aliphatic carbocycles. The molecule has 112 valence electrons. The minimum Gasteiger partial charge on any atom is -0.497 e. The maximum absolute atomic E-state index is 5.42. The summed E-state index contributed by atoms with van der Waals surface area (Å²) >= 11 is 1.55. The molecule has 3 aromatic rings. The van der Waals surface area contributed by atoms with E-state index < -0.39 is 0 Å². The second-order valence-corrected chi connectivity index (χ2v) is 5.45. The maximum Gasteiger partial charge on any atom is 0.187 e. The van der Waals surface area contributed by atoms with E-state index in [1.54, 1.807) is 25.6 Å². The summed E-state index contributed by atoms with van der Waals surface area (Å²) in [7, 11) is 3.30. The van der Waals surface area contributed by atoms with Crippen LogP contribution in [0.15, 0.2) is 53.9 Å². The van der Waals surface area contributed by atoms with Gasteiger partial charge in [-0.2, -0.15) is 0 Å². The van der Waals surface area contributed by atoms with Crippen molar-refractivity contribution in [1.29, 1.82) is 0 Å². The molecule has 0 unspecified atom stereocenters. The van der Waals surface area contributed by atoms with E-state index in [1.165, 1.54) is 0 Å². The molecule has 0 amide bonds. The second kappa shape index (κ2) is 6.49. The van der Waals surface area contributed by atoms with Gasteiger partial charge in [-0.1, -0.05) is 18.2 Å². The lowest BCUT2D eigenvalue weighted by Gasteiger charge is -2.08. The molecule has 1 N–H and O–H groups in total. The molecule has 0 atom stereocenters. The quantitative estimate of drug-likeness (QED) is 0.749. The number of nitrogens with one attached hydrogen (secondary N) is 1. The second-order valence-electron chi connectivity index (χ2n) is 4.60. The highest BCUT2D eigenvalue weighted by Gasteiger charge is 2.11. The molecule has 1 aromatic heterocycles. The minimum absolute atomic E-state index is 0.775. The van der Waals surface area contributed by atoms with Crippen molar-refractivity contribution < 1.29 is 9.47 Å². The van der Waals surface area contributed by atoms with Gasteiger partial charge >= 0.3 is 0 Å². The molecule has 2 aromatic carbocycles. The SMILES string of the molecule is COc1ccc(OC)c(-c2csc(Nc3ccccc3)n2)c1. The van der Waals surface area contributed by atoms with Gasteiger partial charge in [-0.25, -0.2) is 4.98 Å². The zero-order valence-electron chi connectivity index (χ0n) is 12.4. The van der Waals surface area contributed by atoms with Gasteiger partial charge in [-0.05, 0) is 30.3 Å². The zero-order valence-corrected chi connectivity index (χ0v) is 13.2. The van der Waals surface area contributed by atoms with Crippen LogP contribution in [0, 0.1) is 0 Å². The molecule has 0 saturated heterocycles. The van der Waals surface area contributed by atoms with Gasteiger partial charge in [-0.3, -0.25) is 0 Å². The number of methoxy groups -OCH3 is 2. The van der Waals surface area contributed by atoms with Gasteiger partial charge in [0.1, 0.15) is 11.5 Å². The molecule has 0 aliphatic heterocycles. The Kier molecular flexibility index (Phi) is 4.25. The first-order valence-corrected chi connectivity index (χ1v) is 7.68. The largest absolute Gasteiger partial charge is 0.497 e. The van der Waals surface area contributed by atoms with Crippen molar-refractivity contribution in [2.24, 2.45) is 0 Å². The Balaban J connectivity index is 1.90. The number of ether oxygens (including phenoxy) is 2. The van der Waals surface area contributed by atoms with Crippen LogP contribution >= 0.6 is 11.3 Å². The van der Waals surface area contributed by atoms with Gasteiger partial charge in [0.2, 0.25) is 0 Å². The number of thiazole rings is 1. The van der Waals surface area contributed by atoms with Crippen molar-refractivity contribution in [2.45, 2.75) is 0 Å². The van der Waals surface area contributed by atoms with Crippen LogP contribution in [0.1, 0.15) is 0 Å². The fourth-order valence-electron chi connectivity index (χ4n) is 2.11. The van der Waals surface area contributed by atoms with Crippen LogP contribution in [-0.4, -0.2) is 19.2 Å². The fourth-order valence-corrected chi connectivity index (χ4v) is 2.84. The van der Waals surface area contributed by atoms with E-state index in [9.17, 15) is 0 Å². The Hall–Kier alpha value is -2.53. The van der Waals surface area contributed by atoms with E-state index in [2.05, 4.69) is 10.3 Å². The summed E-state index contributed by atoms with van der Waals surface area (Å²) < 4.78 is 10.7. The topological polar surface area (TPSA) is 43.4 Å². The molecule has 0 fully saturated rings. The Morgan fingerprint density at radius 3 is 2.55 bits per heavy atom. The predicted molar refractivity (Wildman–Crippen MR) is 90.4 cm³/mol. The van der Waals surface area contributed by atoms with Crippen LogP contribution in [-0.2, 0) is 0 Å². The summed E-state index contributed by atoms with van der Waals surface area (Å²) in [6.45, 7) is 0. The molecule has 0 aliphatic rings. The number of aromatic nitrogens is 1. The van der Waals surface area contributed by atoms with Crippen LogP contribution < -0.4 is 14.8 Å². The lowest BCUT2D eigenvalue weighted by atomic mass is 10.1. The van der Waals surface area contributed by atoms with Crippen LogP contribution in [0.2, 0.25) is 0 Å². The monoisotopic (exact) mass is 312 g/mol. The van der Waals surface area contributed by atoms with Gasteiger partial charge in [0.05, 0.1) is 19.9 Å². The smallest absolute Gasteiger partial charge is 0.187 e. The van der Waals surface area contributed by atoms with Crippen LogP contribution in [0.4, 0.5) is 10.8 Å².